The number of primary amides is 1. The van der Waals surface area contributed by atoms with Crippen molar-refractivity contribution in [2.24, 2.45) is 23.5 Å². The van der Waals surface area contributed by atoms with Gasteiger partial charge >= 0.3 is 0 Å². The number of allylic oxidation sites excluding steroid dienone is 1. The molecule has 2 aliphatic heterocycles. The molecule has 0 radical (unpaired) electrons. The summed E-state index contributed by atoms with van der Waals surface area (Å²) in [6.45, 7) is 4.29. The minimum atomic E-state index is -0.555. The van der Waals surface area contributed by atoms with Gasteiger partial charge in [-0.3, -0.25) is 9.69 Å². The number of carbonyl (C=O) groups is 1. The molecular weight excluding hydrogens is 433 g/mol. The third kappa shape index (κ3) is 3.50. The Labute approximate surface area is 198 Å². The second-order valence-electron chi connectivity index (χ2n) is 10.2. The maximum atomic E-state index is 14.6. The summed E-state index contributed by atoms with van der Waals surface area (Å²) in [5.41, 5.74) is 8.92. The number of nitrogens with one attached hydrogen (secondary N) is 2. The molecule has 0 spiro atoms. The van der Waals surface area contributed by atoms with E-state index in [0.29, 0.717) is 18.0 Å². The van der Waals surface area contributed by atoms with Crippen LogP contribution in [0.2, 0.25) is 0 Å². The molecule has 1 saturated carbocycles. The molecule has 34 heavy (non-hydrogen) atoms. The third-order valence-corrected chi connectivity index (χ3v) is 8.11. The van der Waals surface area contributed by atoms with Crippen LogP contribution in [0.25, 0.3) is 0 Å². The Balaban J connectivity index is 1.18. The van der Waals surface area contributed by atoms with Crippen LogP contribution < -0.4 is 21.3 Å². The van der Waals surface area contributed by atoms with Crippen LogP contribution in [0.3, 0.4) is 0 Å². The van der Waals surface area contributed by atoms with Crippen molar-refractivity contribution in [2.45, 2.75) is 37.9 Å². The Morgan fingerprint density at radius 1 is 1.18 bits per heavy atom. The number of aryl methyl sites for hydroxylation is 1. The number of nitrogens with two attached hydrogens (primary N) is 1. The van der Waals surface area contributed by atoms with E-state index in [1.54, 1.807) is 0 Å². The van der Waals surface area contributed by atoms with Crippen LogP contribution in [0.4, 0.5) is 27.5 Å². The number of benzene rings is 1. The second-order valence-corrected chi connectivity index (χ2v) is 10.2. The first-order chi connectivity index (χ1) is 16.4. The predicted octanol–water partition coefficient (Wildman–Crippen LogP) is 2.65. The topological polar surface area (TPSA) is 99.4 Å². The number of rotatable bonds is 6. The molecule has 6 atom stereocenters. The maximum Gasteiger partial charge on any atom is 0.229 e. The zero-order chi connectivity index (χ0) is 23.6. The molecule has 1 aromatic heterocycles. The number of hydrogen-bond donors (Lipinski definition) is 3. The van der Waals surface area contributed by atoms with Crippen LogP contribution in [0.15, 0.2) is 36.5 Å². The van der Waals surface area contributed by atoms with Crippen molar-refractivity contribution in [1.82, 2.24) is 14.9 Å². The first-order valence-electron chi connectivity index (χ1n) is 12.0. The van der Waals surface area contributed by atoms with E-state index >= 15 is 0 Å². The Kier molecular flexibility index (Phi) is 4.98. The minimum Gasteiger partial charge on any atom is -0.369 e. The Morgan fingerprint density at radius 2 is 2.00 bits per heavy atom. The summed E-state index contributed by atoms with van der Waals surface area (Å²) < 4.78 is 14.6. The normalized spacial score (nSPS) is 31.4. The standard InChI is InChI=1S/C25H30FN7O/c1-13-7-16(5-6-20(13)33-12-17-9-18(33)11-32(17)2)29-25-28-10-19(26)24(31-25)30-22-15-4-3-14(8-15)21(22)23(27)34/h3-7,10,14-15,17-18,21-22H,8-9,11-12H2,1-2H3,(H2,27,34)(H2,28,29,30,31)/t14?,15?,17-,18-,21?,22?/m0/s1. The Hall–Kier alpha value is -3.20. The van der Waals surface area contributed by atoms with Gasteiger partial charge in [0.1, 0.15) is 0 Å². The monoisotopic (exact) mass is 463 g/mol. The minimum absolute atomic E-state index is 0.0836. The van der Waals surface area contributed by atoms with Crippen LogP contribution in [-0.2, 0) is 4.79 Å². The fraction of sp³-hybridized carbons (Fsp3) is 0.480. The zero-order valence-electron chi connectivity index (χ0n) is 19.4. The van der Waals surface area contributed by atoms with Crippen molar-refractivity contribution in [3.8, 4) is 0 Å². The summed E-state index contributed by atoms with van der Waals surface area (Å²) in [5, 5.41) is 6.35. The Bertz CT molecular complexity index is 1170. The van der Waals surface area contributed by atoms with Crippen molar-refractivity contribution in [3.05, 3.63) is 47.9 Å². The highest BCUT2D eigenvalue weighted by atomic mass is 19.1. The van der Waals surface area contributed by atoms with Gasteiger partial charge in [-0.15, -0.1) is 0 Å². The molecule has 4 unspecified atom stereocenters. The molecule has 2 aromatic rings. The predicted molar refractivity (Wildman–Crippen MR) is 129 cm³/mol. The van der Waals surface area contributed by atoms with E-state index in [1.807, 2.05) is 12.1 Å². The second kappa shape index (κ2) is 7.94. The maximum absolute atomic E-state index is 14.6. The van der Waals surface area contributed by atoms with E-state index in [0.717, 1.165) is 31.4 Å². The van der Waals surface area contributed by atoms with Crippen molar-refractivity contribution < 1.29 is 9.18 Å². The summed E-state index contributed by atoms with van der Waals surface area (Å²) in [6.07, 6.45) is 7.35. The quantitative estimate of drug-likeness (QED) is 0.567. The molecule has 4 aliphatic rings. The van der Waals surface area contributed by atoms with Crippen LogP contribution in [0, 0.1) is 30.5 Å². The first-order valence-corrected chi connectivity index (χ1v) is 12.0. The summed E-state index contributed by atoms with van der Waals surface area (Å²) in [5.74, 6) is -0.653. The molecule has 9 heteroatoms. The average Bonchev–Trinajstić information content (AvgIpc) is 3.57. The largest absolute Gasteiger partial charge is 0.369 e. The summed E-state index contributed by atoms with van der Waals surface area (Å²) in [4.78, 5) is 25.5. The fourth-order valence-electron chi connectivity index (χ4n) is 6.44. The van der Waals surface area contributed by atoms with Crippen LogP contribution in [0.1, 0.15) is 18.4 Å². The number of anilines is 4. The van der Waals surface area contributed by atoms with Gasteiger partial charge in [-0.1, -0.05) is 12.2 Å². The number of carbonyl (C=O) groups excluding carboxylic acids is 1. The van der Waals surface area contributed by atoms with E-state index in [9.17, 15) is 9.18 Å². The first kappa shape index (κ1) is 21.3. The van der Waals surface area contributed by atoms with Gasteiger partial charge in [-0.2, -0.15) is 4.98 Å². The molecule has 1 aromatic carbocycles. The number of aromatic nitrogens is 2. The molecule has 178 valence electrons. The average molecular weight is 464 g/mol. The van der Waals surface area contributed by atoms with Gasteiger partial charge < -0.3 is 21.3 Å². The van der Waals surface area contributed by atoms with Gasteiger partial charge in [0.2, 0.25) is 11.9 Å². The molecule has 2 aliphatic carbocycles. The van der Waals surface area contributed by atoms with Gasteiger partial charge in [0.15, 0.2) is 11.6 Å². The SMILES string of the molecule is Cc1cc(Nc2ncc(F)c(NC3C4C=CC(C4)C3C(N)=O)n2)ccc1N1C[C@@H]2C[C@H]1CN2C. The molecule has 4 bridgehead atoms. The van der Waals surface area contributed by atoms with Crippen LogP contribution in [-0.4, -0.2) is 59.0 Å². The lowest BCUT2D eigenvalue weighted by atomic mass is 9.88. The third-order valence-electron chi connectivity index (χ3n) is 8.11. The summed E-state index contributed by atoms with van der Waals surface area (Å²) in [6, 6.07) is 7.18. The van der Waals surface area contributed by atoms with Crippen molar-refractivity contribution in [2.75, 3.05) is 35.7 Å². The van der Waals surface area contributed by atoms with Gasteiger partial charge in [0.05, 0.1) is 12.1 Å². The van der Waals surface area contributed by atoms with Gasteiger partial charge in [-0.25, -0.2) is 9.37 Å². The molecule has 3 heterocycles. The zero-order valence-corrected chi connectivity index (χ0v) is 19.4. The number of piperazine rings is 1. The molecule has 6 rings (SSSR count). The van der Waals surface area contributed by atoms with Crippen LogP contribution in [0.5, 0.6) is 0 Å². The van der Waals surface area contributed by atoms with E-state index in [1.165, 1.54) is 17.7 Å². The van der Waals surface area contributed by atoms with E-state index in [4.69, 9.17) is 5.73 Å². The summed E-state index contributed by atoms with van der Waals surface area (Å²) in [7, 11) is 2.20. The van der Waals surface area contributed by atoms with Crippen molar-refractivity contribution in [1.29, 1.82) is 0 Å². The number of nitrogens with zero attached hydrogens (tertiary/aromatic N) is 4. The van der Waals surface area contributed by atoms with Gasteiger partial charge in [0.25, 0.3) is 0 Å². The molecule has 3 fully saturated rings. The van der Waals surface area contributed by atoms with E-state index in [-0.39, 0.29) is 35.5 Å². The smallest absolute Gasteiger partial charge is 0.229 e. The van der Waals surface area contributed by atoms with E-state index < -0.39 is 5.82 Å². The number of amides is 1. The molecule has 2 saturated heterocycles. The number of fused-ring (bicyclic) bond motifs is 4. The lowest BCUT2D eigenvalue weighted by molar-refractivity contribution is -0.122. The highest BCUT2D eigenvalue weighted by Crippen LogP contribution is 2.45. The van der Waals surface area contributed by atoms with Crippen molar-refractivity contribution in [3.63, 3.8) is 0 Å². The molecular formula is C25H30FN7O. The van der Waals surface area contributed by atoms with Crippen molar-refractivity contribution >= 4 is 29.0 Å². The number of likely N-dealkylation sites (tertiary alicyclic amines) is 1. The lowest BCUT2D eigenvalue weighted by Crippen LogP contribution is -2.44. The van der Waals surface area contributed by atoms with Gasteiger partial charge in [-0.05, 0) is 62.4 Å². The van der Waals surface area contributed by atoms with Gasteiger partial charge in [0, 0.05) is 42.6 Å². The number of likely N-dealkylation sites (N-methyl/N-ethyl adjacent to an activating group) is 1. The highest BCUT2D eigenvalue weighted by Gasteiger charge is 2.48. The van der Waals surface area contributed by atoms with E-state index in [2.05, 4.69) is 62.6 Å². The highest BCUT2D eigenvalue weighted by molar-refractivity contribution is 5.79. The molecule has 1 amide bonds. The summed E-state index contributed by atoms with van der Waals surface area (Å²) >= 11 is 0. The Morgan fingerprint density at radius 3 is 2.71 bits per heavy atom. The number of halogens is 1. The molecule has 8 nitrogen and oxygen atoms in total. The number of hydrogen-bond acceptors (Lipinski definition) is 7. The van der Waals surface area contributed by atoms with Crippen LogP contribution >= 0.6 is 0 Å². The fourth-order valence-corrected chi connectivity index (χ4v) is 6.44. The lowest BCUT2D eigenvalue weighted by Gasteiger charge is -2.34. The molecule has 4 N–H and O–H groups in total.